The van der Waals surface area contributed by atoms with Gasteiger partial charge in [-0.1, -0.05) is 36.4 Å². The van der Waals surface area contributed by atoms with Crippen LogP contribution in [0.1, 0.15) is 18.4 Å². The van der Waals surface area contributed by atoms with Gasteiger partial charge in [-0.15, -0.1) is 0 Å². The molecule has 0 spiro atoms. The van der Waals surface area contributed by atoms with Crippen LogP contribution in [0.4, 0.5) is 17.3 Å². The van der Waals surface area contributed by atoms with E-state index in [0.29, 0.717) is 17.6 Å². The zero-order valence-corrected chi connectivity index (χ0v) is 19.1. The van der Waals surface area contributed by atoms with E-state index >= 15 is 0 Å². The molecule has 0 amide bonds. The van der Waals surface area contributed by atoms with E-state index in [-0.39, 0.29) is 0 Å². The van der Waals surface area contributed by atoms with Crippen molar-refractivity contribution in [1.82, 2.24) is 15.0 Å². The number of nitrogens with one attached hydrogen (secondary N) is 1. The highest BCUT2D eigenvalue weighted by Gasteiger charge is 2.35. The van der Waals surface area contributed by atoms with Crippen LogP contribution in [0.2, 0.25) is 0 Å². The van der Waals surface area contributed by atoms with Crippen LogP contribution in [0, 0.1) is 6.92 Å². The van der Waals surface area contributed by atoms with Gasteiger partial charge in [0.1, 0.15) is 17.3 Å². The summed E-state index contributed by atoms with van der Waals surface area (Å²) >= 11 is 0. The Kier molecular flexibility index (Phi) is 5.02. The SMILES string of the molecule is C=C(Nc1cccc(-c2cnco2)n1)N1c2nc(-c3cccc(C)c3)ccc2N2CCC1CC2. The van der Waals surface area contributed by atoms with Crippen LogP contribution >= 0.6 is 0 Å². The summed E-state index contributed by atoms with van der Waals surface area (Å²) in [6.45, 7) is 8.57. The van der Waals surface area contributed by atoms with Crippen LogP contribution in [-0.4, -0.2) is 34.1 Å². The summed E-state index contributed by atoms with van der Waals surface area (Å²) in [5.41, 5.74) is 5.18. The van der Waals surface area contributed by atoms with Gasteiger partial charge in [-0.3, -0.25) is 0 Å². The lowest BCUT2D eigenvalue weighted by Crippen LogP contribution is -2.41. The van der Waals surface area contributed by atoms with Crippen molar-refractivity contribution in [2.75, 3.05) is 28.2 Å². The maximum Gasteiger partial charge on any atom is 0.181 e. The number of fused-ring (bicyclic) bond motifs is 2. The highest BCUT2D eigenvalue weighted by atomic mass is 16.3. The lowest BCUT2D eigenvalue weighted by atomic mass is 10.1. The van der Waals surface area contributed by atoms with E-state index in [1.54, 1.807) is 6.20 Å². The van der Waals surface area contributed by atoms with Crippen LogP contribution in [-0.2, 0) is 0 Å². The van der Waals surface area contributed by atoms with Gasteiger partial charge in [-0.25, -0.2) is 15.0 Å². The molecule has 0 radical (unpaired) electrons. The molecule has 34 heavy (non-hydrogen) atoms. The summed E-state index contributed by atoms with van der Waals surface area (Å²) in [5, 5.41) is 3.43. The number of hydrogen-bond donors (Lipinski definition) is 1. The van der Waals surface area contributed by atoms with Crippen LogP contribution < -0.4 is 15.1 Å². The van der Waals surface area contributed by atoms with Crippen molar-refractivity contribution in [3.8, 4) is 22.7 Å². The molecule has 3 aromatic heterocycles. The number of anilines is 3. The lowest BCUT2D eigenvalue weighted by Gasteiger charge is -2.34. The molecule has 7 nitrogen and oxygen atoms in total. The standard InChI is InChI=1S/C27H26N6O/c1-18-5-3-6-20(15-18)22-9-10-24-27(31-22)33(21-11-13-32(24)14-12-21)19(2)29-26-8-4-7-23(30-26)25-16-28-17-34-25/h3-10,15-17,21H,2,11-14H2,1H3,(H,29,30). The molecule has 7 heteroatoms. The quantitative estimate of drug-likeness (QED) is 0.432. The molecule has 3 aliphatic rings. The molecule has 2 bridgehead atoms. The lowest BCUT2D eigenvalue weighted by molar-refractivity contribution is 0.500. The Labute approximate surface area is 198 Å². The first-order valence-electron chi connectivity index (χ1n) is 11.6. The largest absolute Gasteiger partial charge is 0.442 e. The zero-order chi connectivity index (χ0) is 23.1. The van der Waals surface area contributed by atoms with Crippen LogP contribution in [0.3, 0.4) is 0 Å². The minimum absolute atomic E-state index is 0.329. The predicted octanol–water partition coefficient (Wildman–Crippen LogP) is 5.48. The van der Waals surface area contributed by atoms with Crippen LogP contribution in [0.25, 0.3) is 22.7 Å². The number of hydrogen-bond acceptors (Lipinski definition) is 7. The van der Waals surface area contributed by atoms with Crippen molar-refractivity contribution in [2.45, 2.75) is 25.8 Å². The van der Waals surface area contributed by atoms with Gasteiger partial charge in [0.05, 0.1) is 17.6 Å². The molecule has 1 fully saturated rings. The Morgan fingerprint density at radius 3 is 2.68 bits per heavy atom. The van der Waals surface area contributed by atoms with Gasteiger partial charge in [0.25, 0.3) is 0 Å². The third-order valence-electron chi connectivity index (χ3n) is 6.56. The van der Waals surface area contributed by atoms with E-state index in [0.717, 1.165) is 60.2 Å². The highest BCUT2D eigenvalue weighted by Crippen LogP contribution is 2.41. The number of piperidine rings is 1. The number of oxazole rings is 1. The van der Waals surface area contributed by atoms with Crippen LogP contribution in [0.15, 0.2) is 84.0 Å². The van der Waals surface area contributed by atoms with Crippen molar-refractivity contribution in [3.63, 3.8) is 0 Å². The number of aromatic nitrogens is 3. The molecule has 7 rings (SSSR count). The molecule has 1 saturated heterocycles. The van der Waals surface area contributed by atoms with Gasteiger partial charge in [0.15, 0.2) is 18.0 Å². The Hall–Kier alpha value is -4.13. The summed E-state index contributed by atoms with van der Waals surface area (Å²) in [7, 11) is 0. The summed E-state index contributed by atoms with van der Waals surface area (Å²) < 4.78 is 5.41. The number of nitrogens with zero attached hydrogens (tertiary/aromatic N) is 5. The Balaban J connectivity index is 1.37. The molecular formula is C27H26N6O. The smallest absolute Gasteiger partial charge is 0.181 e. The van der Waals surface area contributed by atoms with Gasteiger partial charge < -0.3 is 19.5 Å². The van der Waals surface area contributed by atoms with E-state index in [1.807, 2.05) is 18.2 Å². The van der Waals surface area contributed by atoms with Gasteiger partial charge >= 0.3 is 0 Å². The van der Waals surface area contributed by atoms with Gasteiger partial charge in [0, 0.05) is 24.7 Å². The monoisotopic (exact) mass is 450 g/mol. The molecule has 0 atom stereocenters. The minimum atomic E-state index is 0.329. The second-order valence-corrected chi connectivity index (χ2v) is 8.84. The fourth-order valence-electron chi connectivity index (χ4n) is 4.91. The molecule has 0 saturated carbocycles. The predicted molar refractivity (Wildman–Crippen MR) is 135 cm³/mol. The first kappa shape index (κ1) is 20.5. The molecule has 1 aromatic carbocycles. The second kappa shape index (κ2) is 8.33. The fraction of sp³-hybridized carbons (Fsp3) is 0.222. The molecular weight excluding hydrogens is 424 g/mol. The average molecular weight is 451 g/mol. The summed E-state index contributed by atoms with van der Waals surface area (Å²) in [6, 6.07) is 18.9. The Bertz CT molecular complexity index is 1340. The second-order valence-electron chi connectivity index (χ2n) is 8.84. The topological polar surface area (TPSA) is 70.3 Å². The fourth-order valence-corrected chi connectivity index (χ4v) is 4.91. The van der Waals surface area contributed by atoms with Crippen molar-refractivity contribution in [2.24, 2.45) is 0 Å². The van der Waals surface area contributed by atoms with Gasteiger partial charge in [0.2, 0.25) is 0 Å². The molecule has 1 N–H and O–H groups in total. The first-order chi connectivity index (χ1) is 16.7. The molecule has 0 unspecified atom stereocenters. The highest BCUT2D eigenvalue weighted by molar-refractivity contribution is 5.77. The van der Waals surface area contributed by atoms with Gasteiger partial charge in [-0.2, -0.15) is 0 Å². The van der Waals surface area contributed by atoms with E-state index in [9.17, 15) is 0 Å². The van der Waals surface area contributed by atoms with Crippen LogP contribution in [0.5, 0.6) is 0 Å². The molecule has 170 valence electrons. The summed E-state index contributed by atoms with van der Waals surface area (Å²) in [5.74, 6) is 3.05. The molecule has 0 aliphatic carbocycles. The van der Waals surface area contributed by atoms with E-state index in [2.05, 4.69) is 70.0 Å². The third-order valence-corrected chi connectivity index (χ3v) is 6.56. The maximum atomic E-state index is 5.41. The van der Waals surface area contributed by atoms with Crippen molar-refractivity contribution in [1.29, 1.82) is 0 Å². The number of pyridine rings is 2. The molecule has 4 aromatic rings. The first-order valence-corrected chi connectivity index (χ1v) is 11.6. The number of benzene rings is 1. The normalized spacial score (nSPS) is 15.2. The average Bonchev–Trinajstić information content (AvgIpc) is 3.30. The summed E-state index contributed by atoms with van der Waals surface area (Å²) in [6.07, 6.45) is 5.19. The Morgan fingerprint density at radius 2 is 1.88 bits per heavy atom. The van der Waals surface area contributed by atoms with E-state index in [4.69, 9.17) is 14.4 Å². The van der Waals surface area contributed by atoms with Crippen molar-refractivity contribution in [3.05, 3.63) is 85.2 Å². The minimum Gasteiger partial charge on any atom is -0.442 e. The Morgan fingerprint density at radius 1 is 1.03 bits per heavy atom. The number of rotatable bonds is 5. The van der Waals surface area contributed by atoms with E-state index in [1.165, 1.54) is 12.0 Å². The van der Waals surface area contributed by atoms with Crippen molar-refractivity contribution < 1.29 is 4.42 Å². The zero-order valence-electron chi connectivity index (χ0n) is 19.1. The molecule has 3 aliphatic heterocycles. The van der Waals surface area contributed by atoms with Crippen molar-refractivity contribution >= 4 is 17.3 Å². The molecule has 6 heterocycles. The number of aryl methyl sites for hydroxylation is 1. The van der Waals surface area contributed by atoms with Gasteiger partial charge in [-0.05, 0) is 50.1 Å². The summed E-state index contributed by atoms with van der Waals surface area (Å²) in [4.78, 5) is 18.6. The maximum absolute atomic E-state index is 5.41. The van der Waals surface area contributed by atoms with E-state index < -0.39 is 0 Å². The third kappa shape index (κ3) is 3.69.